The van der Waals surface area contributed by atoms with Crippen LogP contribution in [-0.4, -0.2) is 21.7 Å². The van der Waals surface area contributed by atoms with Crippen molar-refractivity contribution in [3.05, 3.63) is 71.0 Å². The molecule has 0 bridgehead atoms. The van der Waals surface area contributed by atoms with Crippen LogP contribution < -0.4 is 4.74 Å². The molecule has 2 aromatic rings. The molecule has 1 aromatic heterocycles. The van der Waals surface area contributed by atoms with Crippen molar-refractivity contribution >= 4 is 40.3 Å². The summed E-state index contributed by atoms with van der Waals surface area (Å²) in [4.78, 5) is 14.3. The van der Waals surface area contributed by atoms with Crippen LogP contribution in [0.25, 0.3) is 6.08 Å². The summed E-state index contributed by atoms with van der Waals surface area (Å²) in [6.07, 6.45) is 3.31. The first kappa shape index (κ1) is 18.0. The number of hydrogen-bond donors (Lipinski definition) is 0. The summed E-state index contributed by atoms with van der Waals surface area (Å²) in [6, 6.07) is 12.5. The standard InChI is InChI=1S/C19H14N2O3S2/c1-2-9-21-18(22)17(26-19(21)25)10-15-7-8-16(24-15)12-23-14-5-3-13(11-20)4-6-14/h2-8,10H,1,9,12H2. The van der Waals surface area contributed by atoms with Gasteiger partial charge in [0.25, 0.3) is 5.91 Å². The molecule has 1 aliphatic rings. The number of amides is 1. The third-order valence-corrected chi connectivity index (χ3v) is 4.88. The summed E-state index contributed by atoms with van der Waals surface area (Å²) in [5.74, 6) is 1.68. The van der Waals surface area contributed by atoms with Gasteiger partial charge >= 0.3 is 0 Å². The maximum atomic E-state index is 12.3. The summed E-state index contributed by atoms with van der Waals surface area (Å²) >= 11 is 6.45. The molecule has 1 saturated heterocycles. The highest BCUT2D eigenvalue weighted by molar-refractivity contribution is 8.26. The van der Waals surface area contributed by atoms with Crippen molar-refractivity contribution in [2.45, 2.75) is 6.61 Å². The van der Waals surface area contributed by atoms with Gasteiger partial charge < -0.3 is 9.15 Å². The van der Waals surface area contributed by atoms with Crippen LogP contribution in [-0.2, 0) is 11.4 Å². The van der Waals surface area contributed by atoms with E-state index in [2.05, 4.69) is 12.6 Å². The van der Waals surface area contributed by atoms with E-state index in [0.29, 0.717) is 38.6 Å². The molecule has 0 aliphatic carbocycles. The molecule has 26 heavy (non-hydrogen) atoms. The molecule has 5 nitrogen and oxygen atoms in total. The topological polar surface area (TPSA) is 66.5 Å². The number of hydrogen-bond acceptors (Lipinski definition) is 6. The molecule has 2 heterocycles. The third-order valence-electron chi connectivity index (χ3n) is 3.51. The number of benzene rings is 1. The van der Waals surface area contributed by atoms with E-state index >= 15 is 0 Å². The van der Waals surface area contributed by atoms with Gasteiger partial charge in [0.2, 0.25) is 0 Å². The summed E-state index contributed by atoms with van der Waals surface area (Å²) in [5, 5.41) is 8.78. The van der Waals surface area contributed by atoms with E-state index in [1.165, 1.54) is 16.7 Å². The second-order valence-electron chi connectivity index (χ2n) is 5.31. The van der Waals surface area contributed by atoms with Crippen LogP contribution >= 0.6 is 24.0 Å². The van der Waals surface area contributed by atoms with Gasteiger partial charge in [0, 0.05) is 12.6 Å². The minimum Gasteiger partial charge on any atom is -0.486 e. The van der Waals surface area contributed by atoms with Gasteiger partial charge in [-0.2, -0.15) is 5.26 Å². The zero-order valence-corrected chi connectivity index (χ0v) is 15.3. The van der Waals surface area contributed by atoms with E-state index in [9.17, 15) is 4.79 Å². The Balaban J connectivity index is 1.64. The number of nitriles is 1. The van der Waals surface area contributed by atoms with Crippen molar-refractivity contribution in [1.29, 1.82) is 5.26 Å². The maximum absolute atomic E-state index is 12.3. The molecule has 0 saturated carbocycles. The number of thioether (sulfide) groups is 1. The fraction of sp³-hybridized carbons (Fsp3) is 0.105. The molecule has 0 spiro atoms. The Kier molecular flexibility index (Phi) is 5.56. The highest BCUT2D eigenvalue weighted by Crippen LogP contribution is 2.32. The lowest BCUT2D eigenvalue weighted by Gasteiger charge is -2.10. The molecule has 3 rings (SSSR count). The summed E-state index contributed by atoms with van der Waals surface area (Å²) < 4.78 is 11.8. The normalized spacial score (nSPS) is 15.3. The highest BCUT2D eigenvalue weighted by atomic mass is 32.2. The van der Waals surface area contributed by atoms with E-state index in [-0.39, 0.29) is 12.5 Å². The molecule has 0 radical (unpaired) electrons. The van der Waals surface area contributed by atoms with Crippen LogP contribution in [0.1, 0.15) is 17.1 Å². The predicted octanol–water partition coefficient (Wildman–Crippen LogP) is 4.12. The Morgan fingerprint density at radius 1 is 1.31 bits per heavy atom. The van der Waals surface area contributed by atoms with E-state index < -0.39 is 0 Å². The Morgan fingerprint density at radius 2 is 2.08 bits per heavy atom. The lowest BCUT2D eigenvalue weighted by Crippen LogP contribution is -2.27. The van der Waals surface area contributed by atoms with Crippen LogP contribution in [0.2, 0.25) is 0 Å². The van der Waals surface area contributed by atoms with Crippen LogP contribution in [0.4, 0.5) is 0 Å². The number of ether oxygens (including phenoxy) is 1. The molecule has 1 aliphatic heterocycles. The van der Waals surface area contributed by atoms with E-state index in [0.717, 1.165) is 0 Å². The summed E-state index contributed by atoms with van der Waals surface area (Å²) in [7, 11) is 0. The molecule has 1 aromatic carbocycles. The van der Waals surface area contributed by atoms with E-state index in [4.69, 9.17) is 26.6 Å². The number of thiocarbonyl (C=S) groups is 1. The number of nitrogens with zero attached hydrogens (tertiary/aromatic N) is 2. The van der Waals surface area contributed by atoms with Gasteiger partial charge in [-0.05, 0) is 36.4 Å². The molecule has 1 amide bonds. The zero-order valence-electron chi connectivity index (χ0n) is 13.7. The average Bonchev–Trinajstić information content (AvgIpc) is 3.20. The maximum Gasteiger partial charge on any atom is 0.266 e. The number of carbonyl (C=O) groups excluding carboxylic acids is 1. The average molecular weight is 382 g/mol. The fourth-order valence-corrected chi connectivity index (χ4v) is 3.50. The summed E-state index contributed by atoms with van der Waals surface area (Å²) in [6.45, 7) is 4.27. The first-order chi connectivity index (χ1) is 12.6. The monoisotopic (exact) mass is 382 g/mol. The van der Waals surface area contributed by atoms with Gasteiger partial charge in [-0.25, -0.2) is 0 Å². The molecule has 0 atom stereocenters. The Hall–Kier alpha value is -2.82. The Bertz CT molecular complexity index is 923. The third kappa shape index (κ3) is 4.04. The SMILES string of the molecule is C=CCN1C(=O)C(=Cc2ccc(COc3ccc(C#N)cc3)o2)SC1=S. The van der Waals surface area contributed by atoms with Crippen LogP contribution in [0.3, 0.4) is 0 Å². The smallest absolute Gasteiger partial charge is 0.266 e. The summed E-state index contributed by atoms with van der Waals surface area (Å²) in [5.41, 5.74) is 0.575. The van der Waals surface area contributed by atoms with Gasteiger partial charge in [0.05, 0.1) is 16.5 Å². The number of carbonyl (C=O) groups is 1. The van der Waals surface area contributed by atoms with Crippen molar-refractivity contribution in [2.24, 2.45) is 0 Å². The van der Waals surface area contributed by atoms with Crippen molar-refractivity contribution < 1.29 is 13.9 Å². The van der Waals surface area contributed by atoms with E-state index in [1.54, 1.807) is 48.6 Å². The van der Waals surface area contributed by atoms with Gasteiger partial charge in [-0.3, -0.25) is 9.69 Å². The van der Waals surface area contributed by atoms with Gasteiger partial charge in [0.15, 0.2) is 0 Å². The van der Waals surface area contributed by atoms with Crippen molar-refractivity contribution in [2.75, 3.05) is 6.54 Å². The Morgan fingerprint density at radius 3 is 2.77 bits per heavy atom. The van der Waals surface area contributed by atoms with Crippen molar-refractivity contribution in [1.82, 2.24) is 4.90 Å². The number of furan rings is 1. The molecular weight excluding hydrogens is 368 g/mol. The minimum absolute atomic E-state index is 0.147. The molecule has 0 N–H and O–H groups in total. The van der Waals surface area contributed by atoms with Gasteiger partial charge in [0.1, 0.15) is 28.2 Å². The van der Waals surface area contributed by atoms with E-state index in [1.807, 2.05) is 0 Å². The second kappa shape index (κ2) is 8.04. The predicted molar refractivity (Wildman–Crippen MR) is 104 cm³/mol. The largest absolute Gasteiger partial charge is 0.486 e. The molecule has 0 unspecified atom stereocenters. The number of rotatable bonds is 6. The van der Waals surface area contributed by atoms with Crippen LogP contribution in [0.5, 0.6) is 5.75 Å². The van der Waals surface area contributed by atoms with Gasteiger partial charge in [-0.15, -0.1) is 6.58 Å². The van der Waals surface area contributed by atoms with Crippen LogP contribution in [0.15, 0.2) is 58.4 Å². The lowest BCUT2D eigenvalue weighted by molar-refractivity contribution is -0.121. The quantitative estimate of drug-likeness (QED) is 0.425. The highest BCUT2D eigenvalue weighted by Gasteiger charge is 2.31. The molecule has 7 heteroatoms. The lowest BCUT2D eigenvalue weighted by atomic mass is 10.2. The fourth-order valence-electron chi connectivity index (χ4n) is 2.25. The zero-order chi connectivity index (χ0) is 18.5. The van der Waals surface area contributed by atoms with Gasteiger partial charge in [-0.1, -0.05) is 30.1 Å². The van der Waals surface area contributed by atoms with Crippen LogP contribution in [0, 0.1) is 11.3 Å². The van der Waals surface area contributed by atoms with Crippen molar-refractivity contribution in [3.63, 3.8) is 0 Å². The molecular formula is C19H14N2O3S2. The molecule has 130 valence electrons. The Labute approximate surface area is 160 Å². The first-order valence-corrected chi connectivity index (χ1v) is 8.91. The van der Waals surface area contributed by atoms with Crippen molar-refractivity contribution in [3.8, 4) is 11.8 Å². The second-order valence-corrected chi connectivity index (χ2v) is 6.99. The molecule has 1 fully saturated rings. The first-order valence-electron chi connectivity index (χ1n) is 7.68. The minimum atomic E-state index is -0.147.